The van der Waals surface area contributed by atoms with Gasteiger partial charge in [-0.2, -0.15) is 0 Å². The van der Waals surface area contributed by atoms with Gasteiger partial charge >= 0.3 is 0 Å². The Morgan fingerprint density at radius 1 is 1.16 bits per heavy atom. The van der Waals surface area contributed by atoms with Crippen molar-refractivity contribution in [1.82, 2.24) is 5.32 Å². The lowest BCUT2D eigenvalue weighted by molar-refractivity contribution is -0.123. The van der Waals surface area contributed by atoms with Crippen LogP contribution in [0.3, 0.4) is 0 Å². The molecule has 2 rings (SSSR count). The number of rotatable bonds is 8. The van der Waals surface area contributed by atoms with Crippen molar-refractivity contribution in [3.05, 3.63) is 59.1 Å². The molecule has 5 nitrogen and oxygen atoms in total. The van der Waals surface area contributed by atoms with E-state index < -0.39 is 30.3 Å². The number of aliphatic hydroxyl groups is 1. The molecule has 0 bridgehead atoms. The average molecular weight is 372 g/mol. The number of benzene rings is 2. The highest BCUT2D eigenvalue weighted by Crippen LogP contribution is 2.17. The molecular formula is C17H16ClF2NO4. The Balaban J connectivity index is 1.67. The molecular weight excluding hydrogens is 356 g/mol. The standard InChI is InChI=1S/C17H16ClF2NO4/c18-11-1-4-14(5-2-11)24-9-13(22)8-21-17(23)10-25-16-6-3-12(19)7-15(16)20/h1-7,13,22H,8-10H2,(H,21,23)/t13-/m1/s1. The number of hydrogen-bond acceptors (Lipinski definition) is 4. The van der Waals surface area contributed by atoms with E-state index in [0.717, 1.165) is 12.1 Å². The van der Waals surface area contributed by atoms with Gasteiger partial charge in [-0.1, -0.05) is 11.6 Å². The molecule has 1 amide bonds. The van der Waals surface area contributed by atoms with E-state index in [0.29, 0.717) is 16.8 Å². The number of amides is 1. The van der Waals surface area contributed by atoms with Gasteiger partial charge in [0.25, 0.3) is 5.91 Å². The van der Waals surface area contributed by atoms with Crippen LogP contribution in [0.25, 0.3) is 0 Å². The highest BCUT2D eigenvalue weighted by atomic mass is 35.5. The quantitative estimate of drug-likeness (QED) is 0.748. The topological polar surface area (TPSA) is 67.8 Å². The molecule has 0 saturated carbocycles. The molecule has 0 radical (unpaired) electrons. The Morgan fingerprint density at radius 2 is 1.88 bits per heavy atom. The third-order valence-electron chi connectivity index (χ3n) is 3.04. The van der Waals surface area contributed by atoms with Crippen LogP contribution < -0.4 is 14.8 Å². The second-order valence-corrected chi connectivity index (χ2v) is 5.52. The highest BCUT2D eigenvalue weighted by molar-refractivity contribution is 6.30. The summed E-state index contributed by atoms with van der Waals surface area (Å²) in [6.45, 7) is -0.565. The molecule has 2 N–H and O–H groups in total. The number of nitrogens with one attached hydrogen (secondary N) is 1. The summed E-state index contributed by atoms with van der Waals surface area (Å²) in [5.41, 5.74) is 0. The molecule has 0 aliphatic carbocycles. The number of ether oxygens (including phenoxy) is 2. The maximum atomic E-state index is 13.3. The second kappa shape index (κ2) is 9.19. The van der Waals surface area contributed by atoms with Gasteiger partial charge in [-0.3, -0.25) is 4.79 Å². The van der Waals surface area contributed by atoms with Crippen molar-refractivity contribution in [2.45, 2.75) is 6.10 Å². The molecule has 0 aromatic heterocycles. The maximum Gasteiger partial charge on any atom is 0.258 e. The Labute approximate surface area is 148 Å². The van der Waals surface area contributed by atoms with Crippen LogP contribution in [0.15, 0.2) is 42.5 Å². The number of halogens is 3. The van der Waals surface area contributed by atoms with Crippen LogP contribution in [0.4, 0.5) is 8.78 Å². The fraction of sp³-hybridized carbons (Fsp3) is 0.235. The summed E-state index contributed by atoms with van der Waals surface area (Å²) >= 11 is 5.74. The molecule has 0 heterocycles. The van der Waals surface area contributed by atoms with Crippen molar-refractivity contribution in [3.63, 3.8) is 0 Å². The zero-order chi connectivity index (χ0) is 18.2. The van der Waals surface area contributed by atoms with Gasteiger partial charge in [0.15, 0.2) is 18.2 Å². The Bertz CT molecular complexity index is 712. The van der Waals surface area contributed by atoms with Gasteiger partial charge in [0.05, 0.1) is 0 Å². The van der Waals surface area contributed by atoms with Gasteiger partial charge < -0.3 is 19.9 Å². The van der Waals surface area contributed by atoms with Crippen molar-refractivity contribution in [2.75, 3.05) is 19.8 Å². The molecule has 0 spiro atoms. The Hall–Kier alpha value is -2.38. The fourth-order valence-electron chi connectivity index (χ4n) is 1.80. The van der Waals surface area contributed by atoms with Crippen molar-refractivity contribution in [3.8, 4) is 11.5 Å². The third-order valence-corrected chi connectivity index (χ3v) is 3.30. The van der Waals surface area contributed by atoms with E-state index in [9.17, 15) is 18.7 Å². The highest BCUT2D eigenvalue weighted by Gasteiger charge is 2.11. The molecule has 2 aromatic rings. The Morgan fingerprint density at radius 3 is 2.56 bits per heavy atom. The molecule has 0 unspecified atom stereocenters. The second-order valence-electron chi connectivity index (χ2n) is 5.09. The van der Waals surface area contributed by atoms with E-state index >= 15 is 0 Å². The monoisotopic (exact) mass is 371 g/mol. The van der Waals surface area contributed by atoms with Gasteiger partial charge in [-0.25, -0.2) is 8.78 Å². The van der Waals surface area contributed by atoms with Crippen LogP contribution in [0.5, 0.6) is 11.5 Å². The predicted octanol–water partition coefficient (Wildman–Crippen LogP) is 2.55. The fourth-order valence-corrected chi connectivity index (χ4v) is 1.93. The minimum Gasteiger partial charge on any atom is -0.491 e. The zero-order valence-electron chi connectivity index (χ0n) is 13.0. The summed E-state index contributed by atoms with van der Waals surface area (Å²) in [5.74, 6) is -1.90. The largest absolute Gasteiger partial charge is 0.491 e. The van der Waals surface area contributed by atoms with Crippen LogP contribution in [0, 0.1) is 11.6 Å². The van der Waals surface area contributed by atoms with Crippen LogP contribution in [-0.2, 0) is 4.79 Å². The molecule has 0 saturated heterocycles. The Kier molecular flexibility index (Phi) is 6.97. The normalized spacial score (nSPS) is 11.7. The lowest BCUT2D eigenvalue weighted by Gasteiger charge is -2.13. The number of hydrogen-bond donors (Lipinski definition) is 2. The van der Waals surface area contributed by atoms with Crippen molar-refractivity contribution < 1.29 is 28.2 Å². The van der Waals surface area contributed by atoms with E-state index in [2.05, 4.69) is 5.32 Å². The summed E-state index contributed by atoms with van der Waals surface area (Å²) < 4.78 is 36.4. The average Bonchev–Trinajstić information content (AvgIpc) is 2.58. The number of carbonyl (C=O) groups is 1. The molecule has 8 heteroatoms. The molecule has 0 aliphatic rings. The number of aliphatic hydroxyl groups excluding tert-OH is 1. The predicted molar refractivity (Wildman–Crippen MR) is 87.8 cm³/mol. The molecule has 1 atom stereocenters. The van der Waals surface area contributed by atoms with Crippen molar-refractivity contribution in [2.24, 2.45) is 0 Å². The maximum absolute atomic E-state index is 13.3. The first kappa shape index (κ1) is 19.0. The summed E-state index contributed by atoms with van der Waals surface area (Å²) in [4.78, 5) is 11.6. The van der Waals surface area contributed by atoms with Gasteiger partial charge in [0.1, 0.15) is 24.3 Å². The first-order valence-corrected chi connectivity index (χ1v) is 7.73. The van der Waals surface area contributed by atoms with E-state index in [1.54, 1.807) is 24.3 Å². The summed E-state index contributed by atoms with van der Waals surface area (Å²) in [6.07, 6.45) is -0.942. The van der Waals surface area contributed by atoms with Gasteiger partial charge in [-0.15, -0.1) is 0 Å². The van der Waals surface area contributed by atoms with Crippen molar-refractivity contribution in [1.29, 1.82) is 0 Å². The molecule has 25 heavy (non-hydrogen) atoms. The first-order valence-electron chi connectivity index (χ1n) is 7.35. The van der Waals surface area contributed by atoms with E-state index in [1.165, 1.54) is 0 Å². The SMILES string of the molecule is O=C(COc1ccc(F)cc1F)NC[C@@H](O)COc1ccc(Cl)cc1. The van der Waals surface area contributed by atoms with Gasteiger partial charge in [-0.05, 0) is 36.4 Å². The van der Waals surface area contributed by atoms with Crippen LogP contribution in [0.1, 0.15) is 0 Å². The van der Waals surface area contributed by atoms with Gasteiger partial charge in [0, 0.05) is 17.6 Å². The van der Waals surface area contributed by atoms with E-state index in [1.807, 2.05) is 0 Å². The summed E-state index contributed by atoms with van der Waals surface area (Å²) in [6, 6.07) is 9.37. The van der Waals surface area contributed by atoms with Gasteiger partial charge in [0.2, 0.25) is 0 Å². The lowest BCUT2D eigenvalue weighted by Crippen LogP contribution is -2.37. The molecule has 0 aliphatic heterocycles. The first-order chi connectivity index (χ1) is 11.9. The molecule has 134 valence electrons. The lowest BCUT2D eigenvalue weighted by atomic mass is 10.3. The minimum absolute atomic E-state index is 0.0324. The van der Waals surface area contributed by atoms with Crippen LogP contribution >= 0.6 is 11.6 Å². The summed E-state index contributed by atoms with van der Waals surface area (Å²) in [7, 11) is 0. The van der Waals surface area contributed by atoms with Crippen LogP contribution in [-0.4, -0.2) is 36.9 Å². The molecule has 0 fully saturated rings. The number of carbonyl (C=O) groups excluding carboxylic acids is 1. The minimum atomic E-state index is -0.942. The van der Waals surface area contributed by atoms with E-state index in [4.69, 9.17) is 21.1 Å². The van der Waals surface area contributed by atoms with E-state index in [-0.39, 0.29) is 18.9 Å². The van der Waals surface area contributed by atoms with Crippen molar-refractivity contribution >= 4 is 17.5 Å². The third kappa shape index (κ3) is 6.56. The summed E-state index contributed by atoms with van der Waals surface area (Å²) in [5, 5.41) is 12.8. The molecule has 2 aromatic carbocycles. The smallest absolute Gasteiger partial charge is 0.258 e. The van der Waals surface area contributed by atoms with Crippen LogP contribution in [0.2, 0.25) is 5.02 Å². The zero-order valence-corrected chi connectivity index (χ0v) is 13.8.